The minimum Gasteiger partial charge on any atom is -0.334 e. The Bertz CT molecular complexity index is 308. The van der Waals surface area contributed by atoms with Gasteiger partial charge in [0, 0.05) is 19.2 Å². The van der Waals surface area contributed by atoms with Gasteiger partial charge in [-0.05, 0) is 12.8 Å². The molecule has 3 nitrogen and oxygen atoms in total. The summed E-state index contributed by atoms with van der Waals surface area (Å²) in [5.41, 5.74) is 0.553. The summed E-state index contributed by atoms with van der Waals surface area (Å²) in [6.07, 6.45) is 7.51. The highest BCUT2D eigenvalue weighted by Crippen LogP contribution is 2.08. The molecule has 0 N–H and O–H groups in total. The van der Waals surface area contributed by atoms with Crippen molar-refractivity contribution in [2.75, 3.05) is 0 Å². The molecule has 0 aliphatic carbocycles. The van der Waals surface area contributed by atoms with Crippen molar-refractivity contribution in [1.29, 1.82) is 5.26 Å². The first kappa shape index (κ1) is 11.8. The van der Waals surface area contributed by atoms with Gasteiger partial charge in [0.2, 0.25) is 0 Å². The normalized spacial score (nSPS) is 10.2. The van der Waals surface area contributed by atoms with Crippen LogP contribution in [0.25, 0.3) is 0 Å². The van der Waals surface area contributed by atoms with Crippen molar-refractivity contribution in [3.63, 3.8) is 0 Å². The summed E-state index contributed by atoms with van der Waals surface area (Å²) in [7, 11) is 0. The fourth-order valence-electron chi connectivity index (χ4n) is 1.56. The molecule has 0 amide bonds. The van der Waals surface area contributed by atoms with E-state index in [0.717, 1.165) is 31.6 Å². The van der Waals surface area contributed by atoms with Crippen LogP contribution in [0.4, 0.5) is 0 Å². The number of aromatic nitrogens is 2. The highest BCUT2D eigenvalue weighted by Gasteiger charge is 2.06. The van der Waals surface area contributed by atoms with Gasteiger partial charge in [0.15, 0.2) is 5.69 Å². The number of unbranched alkanes of at least 4 members (excludes halogenated alkanes) is 2. The molecule has 0 saturated heterocycles. The fourth-order valence-corrected chi connectivity index (χ4v) is 1.56. The average molecular weight is 205 g/mol. The van der Waals surface area contributed by atoms with Crippen molar-refractivity contribution in [2.45, 2.75) is 52.5 Å². The predicted octanol–water partition coefficient (Wildman–Crippen LogP) is 2.90. The highest BCUT2D eigenvalue weighted by molar-refractivity contribution is 5.19. The zero-order valence-electron chi connectivity index (χ0n) is 9.66. The number of hydrogen-bond donors (Lipinski definition) is 0. The lowest BCUT2D eigenvalue weighted by Gasteiger charge is -2.05. The third kappa shape index (κ3) is 3.39. The first-order valence-corrected chi connectivity index (χ1v) is 5.78. The van der Waals surface area contributed by atoms with Gasteiger partial charge in [-0.15, -0.1) is 0 Å². The quantitative estimate of drug-likeness (QED) is 0.716. The molecular weight excluding hydrogens is 186 g/mol. The maximum Gasteiger partial charge on any atom is 0.158 e. The monoisotopic (exact) mass is 205 g/mol. The molecular formula is C12H19N3. The zero-order chi connectivity index (χ0) is 11.1. The van der Waals surface area contributed by atoms with Gasteiger partial charge in [-0.25, -0.2) is 4.98 Å². The lowest BCUT2D eigenvalue weighted by Crippen LogP contribution is -2.02. The van der Waals surface area contributed by atoms with Crippen LogP contribution in [-0.2, 0) is 13.0 Å². The van der Waals surface area contributed by atoms with E-state index in [0.29, 0.717) is 5.69 Å². The molecule has 0 saturated carbocycles. The van der Waals surface area contributed by atoms with E-state index < -0.39 is 0 Å². The molecule has 0 atom stereocenters. The van der Waals surface area contributed by atoms with Crippen molar-refractivity contribution in [2.24, 2.45) is 0 Å². The summed E-state index contributed by atoms with van der Waals surface area (Å²) in [4.78, 5) is 4.32. The molecule has 0 aliphatic heterocycles. The zero-order valence-corrected chi connectivity index (χ0v) is 9.66. The van der Waals surface area contributed by atoms with Crippen LogP contribution < -0.4 is 0 Å². The number of imidazole rings is 1. The Balaban J connectivity index is 2.72. The minimum atomic E-state index is 0.553. The first-order valence-electron chi connectivity index (χ1n) is 5.78. The second-order valence-electron chi connectivity index (χ2n) is 3.80. The summed E-state index contributed by atoms with van der Waals surface area (Å²) < 4.78 is 2.14. The second kappa shape index (κ2) is 6.23. The summed E-state index contributed by atoms with van der Waals surface area (Å²) in [5, 5.41) is 8.80. The number of rotatable bonds is 6. The molecule has 82 valence electrons. The van der Waals surface area contributed by atoms with Crippen molar-refractivity contribution in [1.82, 2.24) is 9.55 Å². The lowest BCUT2D eigenvalue weighted by atomic mass is 10.2. The van der Waals surface area contributed by atoms with Crippen LogP contribution in [0, 0.1) is 11.3 Å². The van der Waals surface area contributed by atoms with Crippen LogP contribution in [0.3, 0.4) is 0 Å². The number of nitrogens with zero attached hydrogens (tertiary/aromatic N) is 3. The van der Waals surface area contributed by atoms with Gasteiger partial charge in [0.05, 0.1) is 0 Å². The SMILES string of the molecule is CCCCc1nc(C#N)cn1CCCC. The lowest BCUT2D eigenvalue weighted by molar-refractivity contribution is 0.591. The molecule has 15 heavy (non-hydrogen) atoms. The average Bonchev–Trinajstić information content (AvgIpc) is 2.66. The van der Waals surface area contributed by atoms with Crippen molar-refractivity contribution in [3.8, 4) is 6.07 Å². The summed E-state index contributed by atoms with van der Waals surface area (Å²) in [6.45, 7) is 5.34. The number of nitriles is 1. The van der Waals surface area contributed by atoms with E-state index in [1.165, 1.54) is 12.8 Å². The molecule has 0 unspecified atom stereocenters. The van der Waals surface area contributed by atoms with Gasteiger partial charge in [-0.1, -0.05) is 26.7 Å². The van der Waals surface area contributed by atoms with Gasteiger partial charge in [0.25, 0.3) is 0 Å². The smallest absolute Gasteiger partial charge is 0.158 e. The van der Waals surface area contributed by atoms with E-state index >= 15 is 0 Å². The van der Waals surface area contributed by atoms with Crippen LogP contribution in [0.15, 0.2) is 6.20 Å². The Labute approximate surface area is 91.7 Å². The van der Waals surface area contributed by atoms with Gasteiger partial charge >= 0.3 is 0 Å². The number of aryl methyl sites for hydroxylation is 2. The molecule has 0 spiro atoms. The van der Waals surface area contributed by atoms with E-state index in [1.807, 2.05) is 6.20 Å². The molecule has 0 fully saturated rings. The Kier molecular flexibility index (Phi) is 4.89. The van der Waals surface area contributed by atoms with Crippen LogP contribution in [-0.4, -0.2) is 9.55 Å². The van der Waals surface area contributed by atoms with Gasteiger partial charge in [-0.2, -0.15) is 5.26 Å². The van der Waals surface area contributed by atoms with E-state index in [2.05, 4.69) is 29.5 Å². The van der Waals surface area contributed by atoms with Gasteiger partial charge < -0.3 is 4.57 Å². The van der Waals surface area contributed by atoms with E-state index in [-0.39, 0.29) is 0 Å². The summed E-state index contributed by atoms with van der Waals surface area (Å²) >= 11 is 0. The molecule has 0 aromatic carbocycles. The first-order chi connectivity index (χ1) is 7.31. The molecule has 0 radical (unpaired) electrons. The Morgan fingerprint density at radius 1 is 1.33 bits per heavy atom. The van der Waals surface area contributed by atoms with Crippen LogP contribution in [0.2, 0.25) is 0 Å². The molecule has 1 rings (SSSR count). The van der Waals surface area contributed by atoms with E-state index in [9.17, 15) is 0 Å². The maximum absolute atomic E-state index is 8.80. The Morgan fingerprint density at radius 3 is 2.67 bits per heavy atom. The molecule has 3 heteroatoms. The standard InChI is InChI=1S/C12H19N3/c1-3-5-7-12-14-11(9-13)10-15(12)8-6-4-2/h10H,3-8H2,1-2H3. The molecule has 1 aromatic heterocycles. The minimum absolute atomic E-state index is 0.553. The topological polar surface area (TPSA) is 41.6 Å². The third-order valence-electron chi connectivity index (χ3n) is 2.48. The van der Waals surface area contributed by atoms with Crippen LogP contribution in [0.1, 0.15) is 51.0 Å². The molecule has 0 aliphatic rings. The third-order valence-corrected chi connectivity index (χ3v) is 2.48. The van der Waals surface area contributed by atoms with Crippen molar-refractivity contribution in [3.05, 3.63) is 17.7 Å². The molecule has 0 bridgehead atoms. The van der Waals surface area contributed by atoms with E-state index in [4.69, 9.17) is 5.26 Å². The van der Waals surface area contributed by atoms with Gasteiger partial charge in [-0.3, -0.25) is 0 Å². The highest BCUT2D eigenvalue weighted by atomic mass is 15.1. The Hall–Kier alpha value is -1.30. The fraction of sp³-hybridized carbons (Fsp3) is 0.667. The predicted molar refractivity (Wildman–Crippen MR) is 60.5 cm³/mol. The van der Waals surface area contributed by atoms with Crippen LogP contribution >= 0.6 is 0 Å². The van der Waals surface area contributed by atoms with Crippen molar-refractivity contribution < 1.29 is 0 Å². The molecule has 1 aromatic rings. The largest absolute Gasteiger partial charge is 0.334 e. The second-order valence-corrected chi connectivity index (χ2v) is 3.80. The van der Waals surface area contributed by atoms with Gasteiger partial charge in [0.1, 0.15) is 11.9 Å². The van der Waals surface area contributed by atoms with E-state index in [1.54, 1.807) is 0 Å². The van der Waals surface area contributed by atoms with Crippen molar-refractivity contribution >= 4 is 0 Å². The summed E-state index contributed by atoms with van der Waals surface area (Å²) in [5.74, 6) is 1.07. The summed E-state index contributed by atoms with van der Waals surface area (Å²) in [6, 6.07) is 2.11. The van der Waals surface area contributed by atoms with Crippen LogP contribution in [0.5, 0.6) is 0 Å². The Morgan fingerprint density at radius 2 is 2.07 bits per heavy atom. The number of hydrogen-bond acceptors (Lipinski definition) is 2. The maximum atomic E-state index is 8.80. The molecule has 1 heterocycles.